The standard InChI is InChI=1S/C23H29N3O.ClH/c1-23(2,20-9-4-3-5-10-20)22(27)26-15-13-25(14-16-26)17-19-8-6-7-18-11-12-24-21(18)19;/h3-10,24H,11-17H2,1-2H3;1H. The first-order valence-electron chi connectivity index (χ1n) is 9.97. The molecule has 2 aliphatic heterocycles. The number of anilines is 1. The van der Waals surface area contributed by atoms with E-state index in [0.717, 1.165) is 51.3 Å². The van der Waals surface area contributed by atoms with E-state index < -0.39 is 5.41 Å². The van der Waals surface area contributed by atoms with E-state index in [0.29, 0.717) is 0 Å². The number of amides is 1. The number of para-hydroxylation sites is 1. The second-order valence-electron chi connectivity index (χ2n) is 8.19. The maximum absolute atomic E-state index is 13.1. The summed E-state index contributed by atoms with van der Waals surface area (Å²) in [6.07, 6.45) is 1.13. The van der Waals surface area contributed by atoms with Gasteiger partial charge in [-0.1, -0.05) is 48.5 Å². The smallest absolute Gasteiger partial charge is 0.232 e. The second kappa shape index (κ2) is 8.54. The van der Waals surface area contributed by atoms with Gasteiger partial charge in [0.15, 0.2) is 0 Å². The highest BCUT2D eigenvalue weighted by atomic mass is 35.5. The Morgan fingerprint density at radius 2 is 1.71 bits per heavy atom. The highest BCUT2D eigenvalue weighted by molar-refractivity contribution is 5.87. The van der Waals surface area contributed by atoms with Crippen molar-refractivity contribution in [3.63, 3.8) is 0 Å². The van der Waals surface area contributed by atoms with E-state index in [9.17, 15) is 4.79 Å². The van der Waals surface area contributed by atoms with Crippen LogP contribution < -0.4 is 5.32 Å². The van der Waals surface area contributed by atoms with Crippen LogP contribution in [-0.4, -0.2) is 48.4 Å². The maximum atomic E-state index is 13.1. The molecule has 0 radical (unpaired) electrons. The lowest BCUT2D eigenvalue weighted by molar-refractivity contribution is -0.138. The van der Waals surface area contributed by atoms with Crippen molar-refractivity contribution in [3.8, 4) is 0 Å². The second-order valence-corrected chi connectivity index (χ2v) is 8.19. The van der Waals surface area contributed by atoms with Gasteiger partial charge in [-0.2, -0.15) is 0 Å². The third-order valence-corrected chi connectivity index (χ3v) is 6.02. The average molecular weight is 400 g/mol. The Hall–Kier alpha value is -2.04. The number of carbonyl (C=O) groups is 1. The van der Waals surface area contributed by atoms with Crippen molar-refractivity contribution in [2.45, 2.75) is 32.2 Å². The lowest BCUT2D eigenvalue weighted by atomic mass is 9.83. The summed E-state index contributed by atoms with van der Waals surface area (Å²) in [5.74, 6) is 0.232. The van der Waals surface area contributed by atoms with Crippen molar-refractivity contribution in [2.24, 2.45) is 0 Å². The van der Waals surface area contributed by atoms with Crippen molar-refractivity contribution >= 4 is 24.0 Å². The molecule has 0 unspecified atom stereocenters. The fraction of sp³-hybridized carbons (Fsp3) is 0.435. The van der Waals surface area contributed by atoms with Crippen LogP contribution in [-0.2, 0) is 23.2 Å². The van der Waals surface area contributed by atoms with Gasteiger partial charge >= 0.3 is 0 Å². The van der Waals surface area contributed by atoms with E-state index in [1.54, 1.807) is 0 Å². The minimum absolute atomic E-state index is 0. The van der Waals surface area contributed by atoms with Crippen LogP contribution in [0.3, 0.4) is 0 Å². The first-order chi connectivity index (χ1) is 13.1. The van der Waals surface area contributed by atoms with Crippen LogP contribution in [0.1, 0.15) is 30.5 Å². The van der Waals surface area contributed by atoms with Gasteiger partial charge in [0.25, 0.3) is 0 Å². The van der Waals surface area contributed by atoms with Gasteiger partial charge in [0.1, 0.15) is 0 Å². The molecule has 28 heavy (non-hydrogen) atoms. The van der Waals surface area contributed by atoms with Gasteiger partial charge in [-0.05, 0) is 37.0 Å². The van der Waals surface area contributed by atoms with Gasteiger partial charge in [-0.3, -0.25) is 9.69 Å². The first-order valence-corrected chi connectivity index (χ1v) is 9.97. The number of fused-ring (bicyclic) bond motifs is 1. The van der Waals surface area contributed by atoms with Gasteiger partial charge in [-0.15, -0.1) is 12.4 Å². The summed E-state index contributed by atoms with van der Waals surface area (Å²) < 4.78 is 0. The predicted octanol–water partition coefficient (Wildman–Crippen LogP) is 3.70. The Balaban J connectivity index is 0.00000225. The van der Waals surface area contributed by atoms with Crippen LogP contribution in [0.5, 0.6) is 0 Å². The van der Waals surface area contributed by atoms with Crippen molar-refractivity contribution in [1.82, 2.24) is 9.80 Å². The molecule has 0 atom stereocenters. The third kappa shape index (κ3) is 4.03. The number of nitrogens with zero attached hydrogens (tertiary/aromatic N) is 2. The van der Waals surface area contributed by atoms with Gasteiger partial charge in [0.05, 0.1) is 5.41 Å². The molecule has 150 valence electrons. The van der Waals surface area contributed by atoms with Gasteiger partial charge in [0, 0.05) is 45.0 Å². The summed E-state index contributed by atoms with van der Waals surface area (Å²) >= 11 is 0. The van der Waals surface area contributed by atoms with Crippen molar-refractivity contribution < 1.29 is 4.79 Å². The van der Waals surface area contributed by atoms with Crippen LogP contribution in [0.2, 0.25) is 0 Å². The summed E-state index contributed by atoms with van der Waals surface area (Å²) in [5, 5.41) is 3.53. The number of hydrogen-bond acceptors (Lipinski definition) is 3. The van der Waals surface area contributed by atoms with Gasteiger partial charge < -0.3 is 10.2 Å². The largest absolute Gasteiger partial charge is 0.384 e. The molecule has 1 N–H and O–H groups in total. The van der Waals surface area contributed by atoms with Crippen LogP contribution in [0.15, 0.2) is 48.5 Å². The summed E-state index contributed by atoms with van der Waals surface area (Å²) in [7, 11) is 0. The molecule has 1 saturated heterocycles. The molecule has 0 spiro atoms. The number of benzene rings is 2. The van der Waals surface area contributed by atoms with E-state index in [1.165, 1.54) is 16.8 Å². The fourth-order valence-electron chi connectivity index (χ4n) is 4.27. The van der Waals surface area contributed by atoms with Gasteiger partial charge in [0.2, 0.25) is 5.91 Å². The molecule has 1 fully saturated rings. The monoisotopic (exact) mass is 399 g/mol. The summed E-state index contributed by atoms with van der Waals surface area (Å²) in [6, 6.07) is 16.7. The Morgan fingerprint density at radius 1 is 1.00 bits per heavy atom. The molecule has 0 aliphatic carbocycles. The predicted molar refractivity (Wildman–Crippen MR) is 117 cm³/mol. The molecular weight excluding hydrogens is 370 g/mol. The molecular formula is C23H30ClN3O. The molecule has 5 heteroatoms. The van der Waals surface area contributed by atoms with Crippen LogP contribution in [0.4, 0.5) is 5.69 Å². The van der Waals surface area contributed by atoms with E-state index >= 15 is 0 Å². The number of piperazine rings is 1. The van der Waals surface area contributed by atoms with E-state index in [4.69, 9.17) is 0 Å². The van der Waals surface area contributed by atoms with Gasteiger partial charge in [-0.25, -0.2) is 0 Å². The lowest BCUT2D eigenvalue weighted by Crippen LogP contribution is -2.52. The summed E-state index contributed by atoms with van der Waals surface area (Å²) in [5.41, 5.74) is 4.76. The van der Waals surface area contributed by atoms with E-state index in [-0.39, 0.29) is 18.3 Å². The Bertz CT molecular complexity index is 814. The van der Waals surface area contributed by atoms with Crippen molar-refractivity contribution in [3.05, 3.63) is 65.2 Å². The van der Waals surface area contributed by atoms with Crippen LogP contribution >= 0.6 is 12.4 Å². The minimum Gasteiger partial charge on any atom is -0.384 e. The highest BCUT2D eigenvalue weighted by Gasteiger charge is 2.35. The molecule has 2 aliphatic rings. The highest BCUT2D eigenvalue weighted by Crippen LogP contribution is 2.29. The normalized spacial score (nSPS) is 16.9. The zero-order valence-corrected chi connectivity index (χ0v) is 17.6. The molecule has 2 aromatic rings. The number of rotatable bonds is 4. The first kappa shape index (κ1) is 20.7. The molecule has 0 aromatic heterocycles. The molecule has 0 saturated carbocycles. The molecule has 4 nitrogen and oxygen atoms in total. The molecule has 1 amide bonds. The minimum atomic E-state index is -0.479. The molecule has 0 bridgehead atoms. The number of halogens is 1. The molecule has 4 rings (SSSR count). The Labute approximate surface area is 174 Å². The van der Waals surface area contributed by atoms with E-state index in [1.807, 2.05) is 36.9 Å². The SMILES string of the molecule is CC(C)(C(=O)N1CCN(Cc2cccc3c2NCC3)CC1)c1ccccc1.Cl. The Kier molecular flexibility index (Phi) is 6.31. The van der Waals surface area contributed by atoms with Crippen molar-refractivity contribution in [1.29, 1.82) is 0 Å². The van der Waals surface area contributed by atoms with E-state index in [2.05, 4.69) is 40.5 Å². The lowest BCUT2D eigenvalue weighted by Gasteiger charge is -2.39. The summed E-state index contributed by atoms with van der Waals surface area (Å²) in [4.78, 5) is 17.6. The molecule has 2 aromatic carbocycles. The third-order valence-electron chi connectivity index (χ3n) is 6.02. The van der Waals surface area contributed by atoms with Crippen LogP contribution in [0.25, 0.3) is 0 Å². The summed E-state index contributed by atoms with van der Waals surface area (Å²) in [6.45, 7) is 9.55. The zero-order valence-electron chi connectivity index (χ0n) is 16.8. The van der Waals surface area contributed by atoms with Crippen molar-refractivity contribution in [2.75, 3.05) is 38.0 Å². The average Bonchev–Trinajstić information content (AvgIpc) is 3.19. The molecule has 2 heterocycles. The van der Waals surface area contributed by atoms with Crippen LogP contribution in [0, 0.1) is 0 Å². The number of nitrogens with one attached hydrogen (secondary N) is 1. The fourth-order valence-corrected chi connectivity index (χ4v) is 4.27. The maximum Gasteiger partial charge on any atom is 0.232 e. The number of hydrogen-bond donors (Lipinski definition) is 1. The zero-order chi connectivity index (χ0) is 18.9. The Morgan fingerprint density at radius 3 is 2.43 bits per heavy atom. The quantitative estimate of drug-likeness (QED) is 0.851. The number of carbonyl (C=O) groups excluding carboxylic acids is 1. The topological polar surface area (TPSA) is 35.6 Å².